The Kier molecular flexibility index (Phi) is 11.8. The molecule has 0 fully saturated rings. The third-order valence-corrected chi connectivity index (χ3v) is 7.02. The van der Waals surface area contributed by atoms with Crippen molar-refractivity contribution in [2.45, 2.75) is 52.6 Å². The topological polar surface area (TPSA) is 126 Å². The molecule has 0 saturated heterocycles. The first-order valence-corrected chi connectivity index (χ1v) is 14.2. The van der Waals surface area contributed by atoms with E-state index >= 15 is 0 Å². The van der Waals surface area contributed by atoms with Crippen LogP contribution >= 0.6 is 11.6 Å². The van der Waals surface area contributed by atoms with Crippen molar-refractivity contribution >= 4 is 35.2 Å². The Labute approximate surface area is 246 Å². The van der Waals surface area contributed by atoms with Gasteiger partial charge in [0.15, 0.2) is 0 Å². The van der Waals surface area contributed by atoms with Crippen LogP contribution in [0.25, 0.3) is 0 Å². The molecule has 3 N–H and O–H groups in total. The summed E-state index contributed by atoms with van der Waals surface area (Å²) in [6.45, 7) is 8.81. The normalized spacial score (nSPS) is 18.5. The zero-order valence-electron chi connectivity index (χ0n) is 24.0. The number of hydrogen-bond donors (Lipinski definition) is 3. The van der Waals surface area contributed by atoms with Crippen LogP contribution in [0.2, 0.25) is 5.02 Å². The van der Waals surface area contributed by atoms with Gasteiger partial charge in [-0.2, -0.15) is 0 Å². The van der Waals surface area contributed by atoms with Crippen LogP contribution in [-0.4, -0.2) is 73.5 Å². The van der Waals surface area contributed by atoms with Crippen LogP contribution in [0.3, 0.4) is 0 Å². The predicted octanol–water partition coefficient (Wildman–Crippen LogP) is 3.10. The average molecular weight is 587 g/mol. The minimum atomic E-state index is -1.20. The third-order valence-electron chi connectivity index (χ3n) is 6.60. The van der Waals surface area contributed by atoms with E-state index in [1.165, 1.54) is 0 Å². The van der Waals surface area contributed by atoms with E-state index in [-0.39, 0.29) is 43.6 Å². The molecule has 3 rings (SSSR count). The van der Waals surface area contributed by atoms with E-state index < -0.39 is 29.8 Å². The lowest BCUT2D eigenvalue weighted by atomic mass is 10.0. The molecule has 0 saturated carbocycles. The molecular formula is C30H39ClN4O6. The van der Waals surface area contributed by atoms with Gasteiger partial charge >= 0.3 is 0 Å². The first kappa shape index (κ1) is 31.7. The van der Waals surface area contributed by atoms with Gasteiger partial charge in [0, 0.05) is 11.6 Å². The lowest BCUT2D eigenvalue weighted by Crippen LogP contribution is -2.53. The highest BCUT2D eigenvalue weighted by molar-refractivity contribution is 6.31. The number of fused-ring (bicyclic) bond motifs is 1. The Morgan fingerprint density at radius 2 is 1.93 bits per heavy atom. The van der Waals surface area contributed by atoms with Gasteiger partial charge in [-0.05, 0) is 62.1 Å². The van der Waals surface area contributed by atoms with E-state index in [0.717, 1.165) is 5.56 Å². The minimum absolute atomic E-state index is 0.133. The molecule has 2 aromatic rings. The maximum Gasteiger partial charge on any atom is 0.255 e. The second kappa shape index (κ2) is 15.3. The van der Waals surface area contributed by atoms with E-state index in [9.17, 15) is 19.2 Å². The van der Waals surface area contributed by atoms with Gasteiger partial charge in [0.2, 0.25) is 17.7 Å². The molecular weight excluding hydrogens is 548 g/mol. The van der Waals surface area contributed by atoms with Crippen LogP contribution in [0.4, 0.5) is 0 Å². The Bertz CT molecular complexity index is 1240. The summed E-state index contributed by atoms with van der Waals surface area (Å²) in [6.07, 6.45) is 0.0708. The van der Waals surface area contributed by atoms with Gasteiger partial charge in [0.05, 0.1) is 25.1 Å². The van der Waals surface area contributed by atoms with Crippen LogP contribution in [-0.2, 0) is 14.4 Å². The molecule has 0 spiro atoms. The van der Waals surface area contributed by atoms with Crippen molar-refractivity contribution in [2.24, 2.45) is 5.92 Å². The SMILES string of the molecule is CCN1CCOc2ccccc2C(=O)N[C@H](C(=O)NCCOc2ccc(Cl)c(C)c2)CC(=O)N[C@@H](CC(C)C)C1=O. The van der Waals surface area contributed by atoms with Crippen molar-refractivity contribution in [3.63, 3.8) is 0 Å². The van der Waals surface area contributed by atoms with Crippen molar-refractivity contribution in [2.75, 3.05) is 32.8 Å². The molecule has 1 aliphatic rings. The number of nitrogens with zero attached hydrogens (tertiary/aromatic N) is 1. The standard InChI is InChI=1S/C30H39ClN4O6/c1-5-35-13-15-41-26-9-7-6-8-22(26)28(37)34-24(18-27(36)33-25(30(35)39)16-19(2)3)29(38)32-12-14-40-21-10-11-23(31)20(4)17-21/h6-11,17,19,24-25H,5,12-16,18H2,1-4H3,(H,32,38)(H,33,36)(H,34,37)/t24-,25-/m0/s1. The smallest absolute Gasteiger partial charge is 0.255 e. The van der Waals surface area contributed by atoms with E-state index in [1.54, 1.807) is 47.4 Å². The first-order valence-electron chi connectivity index (χ1n) is 13.9. The van der Waals surface area contributed by atoms with Gasteiger partial charge < -0.3 is 30.3 Å². The highest BCUT2D eigenvalue weighted by Crippen LogP contribution is 2.21. The zero-order valence-corrected chi connectivity index (χ0v) is 24.8. The molecule has 0 aliphatic carbocycles. The number of para-hydroxylation sites is 1. The first-order chi connectivity index (χ1) is 19.6. The Balaban J connectivity index is 1.78. The van der Waals surface area contributed by atoms with Crippen molar-refractivity contribution in [3.8, 4) is 11.5 Å². The Morgan fingerprint density at radius 3 is 2.63 bits per heavy atom. The summed E-state index contributed by atoms with van der Waals surface area (Å²) in [6, 6.07) is 9.92. The number of likely N-dealkylation sites (N-methyl/N-ethyl adjacent to an activating group) is 1. The quantitative estimate of drug-likeness (QED) is 0.408. The summed E-state index contributed by atoms with van der Waals surface area (Å²) >= 11 is 6.06. The highest BCUT2D eigenvalue weighted by Gasteiger charge is 2.30. The molecule has 11 heteroatoms. The summed E-state index contributed by atoms with van der Waals surface area (Å²) in [5, 5.41) is 8.82. The summed E-state index contributed by atoms with van der Waals surface area (Å²) in [5.41, 5.74) is 1.08. The van der Waals surface area contributed by atoms with E-state index in [1.807, 2.05) is 27.7 Å². The van der Waals surface area contributed by atoms with Gasteiger partial charge in [0.1, 0.15) is 36.8 Å². The molecule has 1 heterocycles. The van der Waals surface area contributed by atoms with Gasteiger partial charge in [-0.1, -0.05) is 37.6 Å². The van der Waals surface area contributed by atoms with Gasteiger partial charge in [-0.15, -0.1) is 0 Å². The fourth-order valence-corrected chi connectivity index (χ4v) is 4.56. The van der Waals surface area contributed by atoms with Crippen molar-refractivity contribution in [3.05, 3.63) is 58.6 Å². The molecule has 222 valence electrons. The number of amides is 4. The lowest BCUT2D eigenvalue weighted by Gasteiger charge is -2.29. The Hall–Kier alpha value is -3.79. The molecule has 2 aromatic carbocycles. The minimum Gasteiger partial charge on any atom is -0.492 e. The van der Waals surface area contributed by atoms with Gasteiger partial charge in [-0.3, -0.25) is 19.2 Å². The van der Waals surface area contributed by atoms with Crippen molar-refractivity contribution in [1.29, 1.82) is 0 Å². The number of nitrogens with one attached hydrogen (secondary N) is 3. The molecule has 10 nitrogen and oxygen atoms in total. The summed E-state index contributed by atoms with van der Waals surface area (Å²) in [5.74, 6) is -0.797. The predicted molar refractivity (Wildman–Crippen MR) is 156 cm³/mol. The maximum absolute atomic E-state index is 13.4. The fraction of sp³-hybridized carbons (Fsp3) is 0.467. The molecule has 0 radical (unpaired) electrons. The fourth-order valence-electron chi connectivity index (χ4n) is 4.44. The lowest BCUT2D eigenvalue weighted by molar-refractivity contribution is -0.137. The monoisotopic (exact) mass is 586 g/mol. The number of hydrogen-bond acceptors (Lipinski definition) is 6. The molecule has 0 bridgehead atoms. The second-order valence-electron chi connectivity index (χ2n) is 10.3. The number of ether oxygens (including phenoxy) is 2. The summed E-state index contributed by atoms with van der Waals surface area (Å²) < 4.78 is 11.6. The summed E-state index contributed by atoms with van der Waals surface area (Å²) in [4.78, 5) is 54.6. The molecule has 2 atom stereocenters. The molecule has 0 aromatic heterocycles. The van der Waals surface area contributed by atoms with E-state index in [0.29, 0.717) is 36.0 Å². The van der Waals surface area contributed by atoms with Crippen LogP contribution < -0.4 is 25.4 Å². The van der Waals surface area contributed by atoms with E-state index in [2.05, 4.69) is 16.0 Å². The maximum atomic E-state index is 13.4. The van der Waals surface area contributed by atoms with Crippen molar-refractivity contribution < 1.29 is 28.7 Å². The Morgan fingerprint density at radius 1 is 1.17 bits per heavy atom. The number of rotatable bonds is 8. The number of aryl methyl sites for hydroxylation is 1. The van der Waals surface area contributed by atoms with Crippen LogP contribution in [0.15, 0.2) is 42.5 Å². The molecule has 41 heavy (non-hydrogen) atoms. The van der Waals surface area contributed by atoms with Crippen molar-refractivity contribution in [1.82, 2.24) is 20.9 Å². The van der Waals surface area contributed by atoms with Crippen LogP contribution in [0, 0.1) is 12.8 Å². The van der Waals surface area contributed by atoms with Gasteiger partial charge in [-0.25, -0.2) is 0 Å². The zero-order chi connectivity index (χ0) is 29.9. The molecule has 0 unspecified atom stereocenters. The highest BCUT2D eigenvalue weighted by atomic mass is 35.5. The molecule has 4 amide bonds. The second-order valence-corrected chi connectivity index (χ2v) is 10.7. The van der Waals surface area contributed by atoms with Crippen LogP contribution in [0.1, 0.15) is 49.5 Å². The largest absolute Gasteiger partial charge is 0.492 e. The number of halogens is 1. The molecule has 1 aliphatic heterocycles. The number of carbonyl (C=O) groups is 4. The van der Waals surface area contributed by atoms with E-state index in [4.69, 9.17) is 21.1 Å². The van der Waals surface area contributed by atoms with Gasteiger partial charge in [0.25, 0.3) is 5.91 Å². The third kappa shape index (κ3) is 9.38. The number of carbonyl (C=O) groups excluding carboxylic acids is 4. The average Bonchev–Trinajstić information content (AvgIpc) is 2.93. The summed E-state index contributed by atoms with van der Waals surface area (Å²) in [7, 11) is 0. The van der Waals surface area contributed by atoms with Crippen LogP contribution in [0.5, 0.6) is 11.5 Å². The number of benzene rings is 2.